The standard InChI is InChI=1S/C18H18ClN3O3S/c19-17-7-6-16(14-20-17)18(23)21-9-11-22(12-10-21)26(24,25)13-8-15-4-2-1-3-5-15/h1-8,13-14H,9-12H2/b13-8+. The number of piperazine rings is 1. The minimum absolute atomic E-state index is 0.175. The third-order valence-corrected chi connectivity index (χ3v) is 5.88. The Balaban J connectivity index is 1.61. The Bertz CT molecular complexity index is 891. The summed E-state index contributed by atoms with van der Waals surface area (Å²) >= 11 is 5.73. The summed E-state index contributed by atoms with van der Waals surface area (Å²) in [4.78, 5) is 18.0. The fraction of sp³-hybridized carbons (Fsp3) is 0.222. The Labute approximate surface area is 157 Å². The van der Waals surface area contributed by atoms with E-state index in [2.05, 4.69) is 4.98 Å². The molecule has 1 aromatic carbocycles. The molecule has 0 atom stereocenters. The molecule has 1 aliphatic rings. The lowest BCUT2D eigenvalue weighted by atomic mass is 10.2. The van der Waals surface area contributed by atoms with Gasteiger partial charge in [0.1, 0.15) is 5.15 Å². The first-order valence-electron chi connectivity index (χ1n) is 8.10. The van der Waals surface area contributed by atoms with Crippen LogP contribution in [0.1, 0.15) is 15.9 Å². The highest BCUT2D eigenvalue weighted by Crippen LogP contribution is 2.14. The Morgan fingerprint density at radius 3 is 2.35 bits per heavy atom. The summed E-state index contributed by atoms with van der Waals surface area (Å²) in [5, 5.41) is 1.53. The Morgan fingerprint density at radius 1 is 1.04 bits per heavy atom. The van der Waals surface area contributed by atoms with Gasteiger partial charge in [-0.15, -0.1) is 0 Å². The number of halogens is 1. The van der Waals surface area contributed by atoms with Crippen LogP contribution in [0.5, 0.6) is 0 Å². The average molecular weight is 392 g/mol. The molecule has 2 heterocycles. The minimum atomic E-state index is -3.52. The summed E-state index contributed by atoms with van der Waals surface area (Å²) in [7, 11) is -3.52. The van der Waals surface area contributed by atoms with Gasteiger partial charge in [-0.2, -0.15) is 4.31 Å². The molecule has 0 aliphatic carbocycles. The van der Waals surface area contributed by atoms with Crippen molar-refractivity contribution in [3.05, 3.63) is 70.3 Å². The molecule has 6 nitrogen and oxygen atoms in total. The lowest BCUT2D eigenvalue weighted by Gasteiger charge is -2.33. The fourth-order valence-corrected chi connectivity index (χ4v) is 3.93. The van der Waals surface area contributed by atoms with E-state index in [9.17, 15) is 13.2 Å². The number of carbonyl (C=O) groups excluding carboxylic acids is 1. The summed E-state index contributed by atoms with van der Waals surface area (Å²) < 4.78 is 26.3. The quantitative estimate of drug-likeness (QED) is 0.751. The molecule has 0 bridgehead atoms. The molecule has 1 aliphatic heterocycles. The highest BCUT2D eigenvalue weighted by molar-refractivity contribution is 7.92. The highest BCUT2D eigenvalue weighted by Gasteiger charge is 2.27. The molecular formula is C18H18ClN3O3S. The SMILES string of the molecule is O=C(c1ccc(Cl)nc1)N1CCN(S(=O)(=O)/C=C/c2ccccc2)CC1. The number of hydrogen-bond donors (Lipinski definition) is 0. The summed E-state index contributed by atoms with van der Waals surface area (Å²) in [6, 6.07) is 12.4. The number of rotatable bonds is 4. The van der Waals surface area contributed by atoms with Gasteiger partial charge < -0.3 is 4.90 Å². The molecule has 136 valence electrons. The van der Waals surface area contributed by atoms with Gasteiger partial charge in [0.25, 0.3) is 5.91 Å². The van der Waals surface area contributed by atoms with Crippen molar-refractivity contribution >= 4 is 33.6 Å². The van der Waals surface area contributed by atoms with Gasteiger partial charge in [-0.3, -0.25) is 4.79 Å². The molecule has 3 rings (SSSR count). The zero-order chi connectivity index (χ0) is 18.6. The van der Waals surface area contributed by atoms with E-state index in [4.69, 9.17) is 11.6 Å². The molecule has 0 spiro atoms. The minimum Gasteiger partial charge on any atom is -0.336 e. The van der Waals surface area contributed by atoms with E-state index >= 15 is 0 Å². The van der Waals surface area contributed by atoms with Crippen LogP contribution in [0, 0.1) is 0 Å². The van der Waals surface area contributed by atoms with E-state index in [0.717, 1.165) is 5.56 Å². The Hall–Kier alpha value is -2.22. The summed E-state index contributed by atoms with van der Waals surface area (Å²) in [5.41, 5.74) is 1.26. The van der Waals surface area contributed by atoms with E-state index in [0.29, 0.717) is 23.8 Å². The highest BCUT2D eigenvalue weighted by atomic mass is 35.5. The van der Waals surface area contributed by atoms with E-state index in [-0.39, 0.29) is 19.0 Å². The molecular weight excluding hydrogens is 374 g/mol. The first kappa shape index (κ1) is 18.6. The van der Waals surface area contributed by atoms with Crippen LogP contribution in [0.3, 0.4) is 0 Å². The van der Waals surface area contributed by atoms with Crippen LogP contribution in [0.2, 0.25) is 5.15 Å². The van der Waals surface area contributed by atoms with Crippen molar-refractivity contribution in [3.63, 3.8) is 0 Å². The van der Waals surface area contributed by atoms with Crippen LogP contribution in [0.25, 0.3) is 6.08 Å². The van der Waals surface area contributed by atoms with E-state index < -0.39 is 10.0 Å². The van der Waals surface area contributed by atoms with Gasteiger partial charge in [-0.1, -0.05) is 41.9 Å². The Morgan fingerprint density at radius 2 is 1.73 bits per heavy atom. The summed E-state index contributed by atoms with van der Waals surface area (Å²) in [6.07, 6.45) is 3.00. The third-order valence-electron chi connectivity index (χ3n) is 4.09. The number of carbonyl (C=O) groups is 1. The molecule has 0 saturated carbocycles. The predicted octanol–water partition coefficient (Wildman–Crippen LogP) is 2.49. The van der Waals surface area contributed by atoms with Gasteiger partial charge in [0.05, 0.1) is 5.56 Å². The van der Waals surface area contributed by atoms with Crippen LogP contribution in [0.15, 0.2) is 54.1 Å². The molecule has 8 heteroatoms. The van der Waals surface area contributed by atoms with E-state index in [1.807, 2.05) is 30.3 Å². The number of aromatic nitrogens is 1. The van der Waals surface area contributed by atoms with Crippen LogP contribution >= 0.6 is 11.6 Å². The van der Waals surface area contributed by atoms with Gasteiger partial charge in [-0.05, 0) is 23.8 Å². The van der Waals surface area contributed by atoms with Crippen molar-refractivity contribution in [1.82, 2.24) is 14.2 Å². The number of benzene rings is 1. The normalized spacial score (nSPS) is 16.1. The summed E-state index contributed by atoms with van der Waals surface area (Å²) in [5.74, 6) is -0.175. The molecule has 1 aromatic heterocycles. The van der Waals surface area contributed by atoms with Gasteiger partial charge in [-0.25, -0.2) is 13.4 Å². The second kappa shape index (κ2) is 7.99. The van der Waals surface area contributed by atoms with Crippen LogP contribution in [-0.4, -0.2) is 54.7 Å². The predicted molar refractivity (Wildman–Crippen MR) is 101 cm³/mol. The van der Waals surface area contributed by atoms with Gasteiger partial charge >= 0.3 is 0 Å². The van der Waals surface area contributed by atoms with Crippen LogP contribution < -0.4 is 0 Å². The first-order chi connectivity index (χ1) is 12.5. The first-order valence-corrected chi connectivity index (χ1v) is 9.98. The lowest BCUT2D eigenvalue weighted by Crippen LogP contribution is -2.50. The van der Waals surface area contributed by atoms with Gasteiger partial charge in [0, 0.05) is 37.8 Å². The van der Waals surface area contributed by atoms with E-state index in [1.54, 1.807) is 23.1 Å². The molecule has 26 heavy (non-hydrogen) atoms. The number of amides is 1. The topological polar surface area (TPSA) is 70.6 Å². The second-order valence-electron chi connectivity index (χ2n) is 5.82. The van der Waals surface area contributed by atoms with Crippen molar-refractivity contribution in [1.29, 1.82) is 0 Å². The van der Waals surface area contributed by atoms with Crippen molar-refractivity contribution in [2.45, 2.75) is 0 Å². The monoisotopic (exact) mass is 391 g/mol. The molecule has 1 fully saturated rings. The van der Waals surface area contributed by atoms with E-state index in [1.165, 1.54) is 15.9 Å². The number of nitrogens with zero attached hydrogens (tertiary/aromatic N) is 3. The lowest BCUT2D eigenvalue weighted by molar-refractivity contribution is 0.0698. The van der Waals surface area contributed by atoms with Crippen LogP contribution in [-0.2, 0) is 10.0 Å². The zero-order valence-electron chi connectivity index (χ0n) is 14.0. The largest absolute Gasteiger partial charge is 0.336 e. The van der Waals surface area contributed by atoms with Gasteiger partial charge in [0.2, 0.25) is 10.0 Å². The molecule has 0 N–H and O–H groups in total. The van der Waals surface area contributed by atoms with Crippen molar-refractivity contribution in [3.8, 4) is 0 Å². The number of sulfonamides is 1. The molecule has 0 radical (unpaired) electrons. The number of pyridine rings is 1. The molecule has 1 amide bonds. The Kier molecular flexibility index (Phi) is 5.70. The van der Waals surface area contributed by atoms with Crippen molar-refractivity contribution < 1.29 is 13.2 Å². The molecule has 0 unspecified atom stereocenters. The van der Waals surface area contributed by atoms with Crippen molar-refractivity contribution in [2.24, 2.45) is 0 Å². The third kappa shape index (κ3) is 4.49. The summed E-state index contributed by atoms with van der Waals surface area (Å²) in [6.45, 7) is 1.18. The second-order valence-corrected chi connectivity index (χ2v) is 8.02. The zero-order valence-corrected chi connectivity index (χ0v) is 15.5. The fourth-order valence-electron chi connectivity index (χ4n) is 2.65. The molecule has 1 saturated heterocycles. The van der Waals surface area contributed by atoms with Gasteiger partial charge in [0.15, 0.2) is 0 Å². The van der Waals surface area contributed by atoms with Crippen molar-refractivity contribution in [2.75, 3.05) is 26.2 Å². The number of hydrogen-bond acceptors (Lipinski definition) is 4. The average Bonchev–Trinajstić information content (AvgIpc) is 2.67. The van der Waals surface area contributed by atoms with Crippen LogP contribution in [0.4, 0.5) is 0 Å². The maximum absolute atomic E-state index is 12.5. The maximum atomic E-state index is 12.5. The molecule has 2 aromatic rings. The smallest absolute Gasteiger partial charge is 0.255 e. The maximum Gasteiger partial charge on any atom is 0.255 e.